The van der Waals surface area contributed by atoms with Gasteiger partial charge in [0.25, 0.3) is 5.56 Å². The summed E-state index contributed by atoms with van der Waals surface area (Å²) in [4.78, 5) is 11.9. The Hall–Kier alpha value is -1.36. The third kappa shape index (κ3) is 4.35. The monoisotopic (exact) mass is 265 g/mol. The normalized spacial score (nSPS) is 19.0. The van der Waals surface area contributed by atoms with Crippen LogP contribution in [-0.2, 0) is 11.3 Å². The van der Waals surface area contributed by atoms with Gasteiger partial charge in [-0.15, -0.1) is 0 Å². The largest absolute Gasteiger partial charge is 0.381 e. The lowest BCUT2D eigenvalue weighted by atomic mass is 10.1. The second-order valence-corrected chi connectivity index (χ2v) is 5.38. The van der Waals surface area contributed by atoms with Gasteiger partial charge in [0.15, 0.2) is 0 Å². The van der Waals surface area contributed by atoms with E-state index in [-0.39, 0.29) is 5.56 Å². The van der Waals surface area contributed by atoms with Crippen molar-refractivity contribution in [1.29, 1.82) is 0 Å². The molecule has 0 spiro atoms. The summed E-state index contributed by atoms with van der Waals surface area (Å²) in [6, 6.07) is 1.91. The number of aryl methyl sites for hydroxylation is 1. The van der Waals surface area contributed by atoms with Gasteiger partial charge in [0, 0.05) is 25.3 Å². The molecule has 0 amide bonds. The highest BCUT2D eigenvalue weighted by atomic mass is 16.5. The van der Waals surface area contributed by atoms with E-state index in [4.69, 9.17) is 4.74 Å². The molecular formula is C14H23N3O2. The van der Waals surface area contributed by atoms with Gasteiger partial charge in [-0.05, 0) is 39.5 Å². The number of anilines is 1. The molecule has 1 saturated heterocycles. The number of hydrogen-bond acceptors (Lipinski definition) is 4. The number of nitrogens with one attached hydrogen (secondary N) is 1. The Morgan fingerprint density at radius 3 is 3.05 bits per heavy atom. The summed E-state index contributed by atoms with van der Waals surface area (Å²) in [5, 5.41) is 7.37. The van der Waals surface area contributed by atoms with Crippen LogP contribution in [0.3, 0.4) is 0 Å². The SMILES string of the molecule is CC(C)Nc1cnn(CCCC2CCCO2)c(=O)c1. The predicted molar refractivity (Wildman–Crippen MR) is 75.5 cm³/mol. The minimum atomic E-state index is -0.0435. The molecule has 0 aromatic carbocycles. The zero-order valence-corrected chi connectivity index (χ0v) is 11.8. The second kappa shape index (κ2) is 6.70. The van der Waals surface area contributed by atoms with Crippen molar-refractivity contribution in [1.82, 2.24) is 9.78 Å². The molecular weight excluding hydrogens is 242 g/mol. The zero-order valence-electron chi connectivity index (χ0n) is 11.8. The second-order valence-electron chi connectivity index (χ2n) is 5.38. The number of hydrogen-bond donors (Lipinski definition) is 1. The summed E-state index contributed by atoms with van der Waals surface area (Å²) in [5.74, 6) is 0. The van der Waals surface area contributed by atoms with Crippen molar-refractivity contribution in [3.05, 3.63) is 22.6 Å². The van der Waals surface area contributed by atoms with Crippen molar-refractivity contribution in [2.24, 2.45) is 0 Å². The van der Waals surface area contributed by atoms with Crippen LogP contribution in [0, 0.1) is 0 Å². The van der Waals surface area contributed by atoms with Gasteiger partial charge in [0.2, 0.25) is 0 Å². The first-order valence-corrected chi connectivity index (χ1v) is 7.10. The summed E-state index contributed by atoms with van der Waals surface area (Å²) >= 11 is 0. The van der Waals surface area contributed by atoms with Crippen molar-refractivity contribution < 1.29 is 4.74 Å². The van der Waals surface area contributed by atoms with E-state index in [0.717, 1.165) is 31.6 Å². The highest BCUT2D eigenvalue weighted by Crippen LogP contribution is 2.16. The Morgan fingerprint density at radius 1 is 1.58 bits per heavy atom. The van der Waals surface area contributed by atoms with E-state index in [1.807, 2.05) is 13.8 Å². The standard InChI is InChI=1S/C14H23N3O2/c1-11(2)16-12-9-14(18)17(15-10-12)7-3-5-13-6-4-8-19-13/h9-11,13,16H,3-8H2,1-2H3. The molecule has 0 saturated carbocycles. The summed E-state index contributed by atoms with van der Waals surface area (Å²) < 4.78 is 7.09. The van der Waals surface area contributed by atoms with Crippen molar-refractivity contribution in [3.8, 4) is 0 Å². The lowest BCUT2D eigenvalue weighted by molar-refractivity contribution is 0.101. The third-order valence-corrected chi connectivity index (χ3v) is 3.24. The summed E-state index contributed by atoms with van der Waals surface area (Å²) in [5.41, 5.74) is 0.744. The van der Waals surface area contributed by atoms with Gasteiger partial charge in [-0.25, -0.2) is 4.68 Å². The molecule has 1 aromatic heterocycles. The van der Waals surface area contributed by atoms with E-state index in [1.165, 1.54) is 11.1 Å². The quantitative estimate of drug-likeness (QED) is 0.855. The van der Waals surface area contributed by atoms with Crippen LogP contribution in [0.4, 0.5) is 5.69 Å². The molecule has 1 atom stereocenters. The molecule has 0 radical (unpaired) electrons. The van der Waals surface area contributed by atoms with E-state index in [9.17, 15) is 4.79 Å². The maximum Gasteiger partial charge on any atom is 0.268 e. The molecule has 2 heterocycles. The number of aromatic nitrogens is 2. The Bertz CT molecular complexity index is 450. The summed E-state index contributed by atoms with van der Waals surface area (Å²) in [7, 11) is 0. The van der Waals surface area contributed by atoms with Gasteiger partial charge in [0.1, 0.15) is 0 Å². The minimum absolute atomic E-state index is 0.0435. The van der Waals surface area contributed by atoms with Crippen molar-refractivity contribution in [2.45, 2.75) is 58.2 Å². The molecule has 1 aliphatic rings. The highest BCUT2D eigenvalue weighted by Gasteiger charge is 2.14. The molecule has 0 aliphatic carbocycles. The van der Waals surface area contributed by atoms with Gasteiger partial charge < -0.3 is 10.1 Å². The van der Waals surface area contributed by atoms with Gasteiger partial charge in [-0.3, -0.25) is 4.79 Å². The number of rotatable bonds is 6. The number of ether oxygens (including phenoxy) is 1. The molecule has 1 fully saturated rings. The van der Waals surface area contributed by atoms with Crippen LogP contribution >= 0.6 is 0 Å². The molecule has 1 unspecified atom stereocenters. The van der Waals surface area contributed by atoms with Gasteiger partial charge in [0.05, 0.1) is 18.0 Å². The fourth-order valence-electron chi connectivity index (χ4n) is 2.35. The van der Waals surface area contributed by atoms with Crippen molar-refractivity contribution in [3.63, 3.8) is 0 Å². The van der Waals surface area contributed by atoms with Crippen LogP contribution in [0.2, 0.25) is 0 Å². The zero-order chi connectivity index (χ0) is 13.7. The Kier molecular flexibility index (Phi) is 4.96. The van der Waals surface area contributed by atoms with Crippen LogP contribution < -0.4 is 10.9 Å². The first-order valence-electron chi connectivity index (χ1n) is 7.10. The van der Waals surface area contributed by atoms with E-state index < -0.39 is 0 Å². The third-order valence-electron chi connectivity index (χ3n) is 3.24. The van der Waals surface area contributed by atoms with Crippen LogP contribution in [0.5, 0.6) is 0 Å². The van der Waals surface area contributed by atoms with Crippen LogP contribution in [-0.4, -0.2) is 28.5 Å². The average Bonchev–Trinajstić information content (AvgIpc) is 2.84. The van der Waals surface area contributed by atoms with Crippen LogP contribution in [0.15, 0.2) is 17.1 Å². The Balaban J connectivity index is 1.84. The minimum Gasteiger partial charge on any atom is -0.381 e. The van der Waals surface area contributed by atoms with Gasteiger partial charge in [-0.1, -0.05) is 0 Å². The van der Waals surface area contributed by atoms with Crippen molar-refractivity contribution in [2.75, 3.05) is 11.9 Å². The number of nitrogens with zero attached hydrogens (tertiary/aromatic N) is 2. The fraction of sp³-hybridized carbons (Fsp3) is 0.714. The fourth-order valence-corrected chi connectivity index (χ4v) is 2.35. The lowest BCUT2D eigenvalue weighted by Gasteiger charge is -2.11. The Labute approximate surface area is 114 Å². The first kappa shape index (κ1) is 14.1. The molecule has 1 aromatic rings. The topological polar surface area (TPSA) is 56.1 Å². The highest BCUT2D eigenvalue weighted by molar-refractivity contribution is 5.39. The maximum absolute atomic E-state index is 11.9. The van der Waals surface area contributed by atoms with Gasteiger partial charge in [-0.2, -0.15) is 5.10 Å². The molecule has 106 valence electrons. The van der Waals surface area contributed by atoms with Gasteiger partial charge >= 0.3 is 0 Å². The molecule has 1 N–H and O–H groups in total. The van der Waals surface area contributed by atoms with Crippen LogP contribution in [0.1, 0.15) is 39.5 Å². The maximum atomic E-state index is 11.9. The van der Waals surface area contributed by atoms with E-state index in [1.54, 1.807) is 12.3 Å². The first-order chi connectivity index (χ1) is 9.15. The molecule has 5 nitrogen and oxygen atoms in total. The van der Waals surface area contributed by atoms with E-state index in [2.05, 4.69) is 10.4 Å². The Morgan fingerprint density at radius 2 is 2.42 bits per heavy atom. The van der Waals surface area contributed by atoms with E-state index >= 15 is 0 Å². The van der Waals surface area contributed by atoms with E-state index in [0.29, 0.717) is 18.7 Å². The van der Waals surface area contributed by atoms with Crippen molar-refractivity contribution >= 4 is 5.69 Å². The van der Waals surface area contributed by atoms with Crippen LogP contribution in [0.25, 0.3) is 0 Å². The predicted octanol–water partition coefficient (Wildman–Crippen LogP) is 2.02. The lowest BCUT2D eigenvalue weighted by Crippen LogP contribution is -2.24. The molecule has 5 heteroatoms. The molecule has 19 heavy (non-hydrogen) atoms. The molecule has 0 bridgehead atoms. The molecule has 1 aliphatic heterocycles. The average molecular weight is 265 g/mol. The molecule has 2 rings (SSSR count). The summed E-state index contributed by atoms with van der Waals surface area (Å²) in [6.45, 7) is 5.62. The summed E-state index contributed by atoms with van der Waals surface area (Å²) in [6.07, 6.45) is 6.37. The smallest absolute Gasteiger partial charge is 0.268 e.